The van der Waals surface area contributed by atoms with Gasteiger partial charge in [0.15, 0.2) is 0 Å². The van der Waals surface area contributed by atoms with E-state index >= 15 is 0 Å². The van der Waals surface area contributed by atoms with Crippen LogP contribution in [0, 0.1) is 18.3 Å². The van der Waals surface area contributed by atoms with Gasteiger partial charge < -0.3 is 10.2 Å². The van der Waals surface area contributed by atoms with Crippen LogP contribution >= 0.6 is 0 Å². The third-order valence-electron chi connectivity index (χ3n) is 5.41. The summed E-state index contributed by atoms with van der Waals surface area (Å²) in [5.74, 6) is -0.229. The van der Waals surface area contributed by atoms with Crippen molar-refractivity contribution in [3.05, 3.63) is 76.4 Å². The Labute approximate surface area is 175 Å². The van der Waals surface area contributed by atoms with Gasteiger partial charge >= 0.3 is 0 Å². The second-order valence-electron chi connectivity index (χ2n) is 7.51. The molecule has 0 atom stereocenters. The first-order chi connectivity index (χ1) is 14.6. The summed E-state index contributed by atoms with van der Waals surface area (Å²) >= 11 is 0. The van der Waals surface area contributed by atoms with Crippen LogP contribution in [0.4, 0.5) is 0 Å². The van der Waals surface area contributed by atoms with Crippen LogP contribution in [-0.4, -0.2) is 35.6 Å². The molecule has 0 bridgehead atoms. The summed E-state index contributed by atoms with van der Waals surface area (Å²) in [6.45, 7) is 3.26. The van der Waals surface area contributed by atoms with Crippen LogP contribution < -0.4 is 5.32 Å². The number of aryl methyl sites for hydroxylation is 1. The van der Waals surface area contributed by atoms with Crippen LogP contribution in [-0.2, 0) is 4.79 Å². The third-order valence-corrected chi connectivity index (χ3v) is 5.41. The zero-order valence-corrected chi connectivity index (χ0v) is 16.8. The summed E-state index contributed by atoms with van der Waals surface area (Å²) in [7, 11) is 0. The third kappa shape index (κ3) is 3.74. The molecule has 2 heterocycles. The highest BCUT2D eigenvalue weighted by Crippen LogP contribution is 2.31. The molecule has 2 amide bonds. The van der Waals surface area contributed by atoms with Crippen LogP contribution in [0.2, 0.25) is 0 Å². The van der Waals surface area contributed by atoms with Crippen LogP contribution in [0.25, 0.3) is 5.70 Å². The number of nitrogens with one attached hydrogen (secondary N) is 1. The van der Waals surface area contributed by atoms with Crippen LogP contribution in [0.15, 0.2) is 59.1 Å². The van der Waals surface area contributed by atoms with Crippen molar-refractivity contribution in [1.82, 2.24) is 10.2 Å². The van der Waals surface area contributed by atoms with Gasteiger partial charge in [0.1, 0.15) is 17.5 Å². The monoisotopic (exact) mass is 398 g/mol. The Hall–Kier alpha value is -3.72. The Balaban J connectivity index is 1.70. The fourth-order valence-corrected chi connectivity index (χ4v) is 3.76. The molecule has 1 fully saturated rings. The van der Waals surface area contributed by atoms with Crippen molar-refractivity contribution >= 4 is 23.3 Å². The molecule has 30 heavy (non-hydrogen) atoms. The summed E-state index contributed by atoms with van der Waals surface area (Å²) in [5, 5.41) is 12.6. The van der Waals surface area contributed by atoms with Crippen molar-refractivity contribution < 1.29 is 9.59 Å². The first-order valence-corrected chi connectivity index (χ1v) is 10.1. The van der Waals surface area contributed by atoms with Gasteiger partial charge in [-0.15, -0.1) is 0 Å². The van der Waals surface area contributed by atoms with E-state index in [1.807, 2.05) is 43.3 Å². The van der Waals surface area contributed by atoms with E-state index in [0.717, 1.165) is 24.8 Å². The van der Waals surface area contributed by atoms with E-state index in [1.54, 1.807) is 17.0 Å². The number of carbonyl (C=O) groups is 2. The minimum Gasteiger partial charge on any atom is -0.338 e. The summed E-state index contributed by atoms with van der Waals surface area (Å²) < 4.78 is 0. The van der Waals surface area contributed by atoms with Gasteiger partial charge in [0, 0.05) is 29.8 Å². The number of carbonyl (C=O) groups excluding carboxylic acids is 2. The molecular weight excluding hydrogens is 376 g/mol. The van der Waals surface area contributed by atoms with Gasteiger partial charge in [0.2, 0.25) is 0 Å². The normalized spacial score (nSPS) is 16.9. The molecule has 0 aromatic heterocycles. The second kappa shape index (κ2) is 8.34. The summed E-state index contributed by atoms with van der Waals surface area (Å²) in [5.41, 5.74) is 3.30. The minimum absolute atomic E-state index is 0.0175. The number of amides is 2. The maximum Gasteiger partial charge on any atom is 0.266 e. The lowest BCUT2D eigenvalue weighted by atomic mass is 10.0. The van der Waals surface area contributed by atoms with Gasteiger partial charge in [0.05, 0.1) is 5.70 Å². The lowest BCUT2D eigenvalue weighted by Gasteiger charge is -2.26. The molecule has 0 spiro atoms. The predicted octanol–water partition coefficient (Wildman–Crippen LogP) is 3.43. The van der Waals surface area contributed by atoms with E-state index in [2.05, 4.69) is 16.4 Å². The van der Waals surface area contributed by atoms with Gasteiger partial charge in [-0.2, -0.15) is 5.26 Å². The molecule has 4 rings (SSSR count). The smallest absolute Gasteiger partial charge is 0.266 e. The van der Waals surface area contributed by atoms with Crippen molar-refractivity contribution in [2.45, 2.75) is 26.2 Å². The van der Waals surface area contributed by atoms with Crippen molar-refractivity contribution in [2.24, 2.45) is 4.99 Å². The number of amidine groups is 1. The van der Waals surface area contributed by atoms with Gasteiger partial charge in [0.25, 0.3) is 11.8 Å². The summed E-state index contributed by atoms with van der Waals surface area (Å²) in [6, 6.07) is 16.6. The van der Waals surface area contributed by atoms with Gasteiger partial charge in [-0.1, -0.05) is 42.0 Å². The quantitative estimate of drug-likeness (QED) is 0.621. The molecule has 2 aliphatic heterocycles. The molecule has 0 aliphatic carbocycles. The van der Waals surface area contributed by atoms with E-state index in [4.69, 9.17) is 0 Å². The molecule has 1 N–H and O–H groups in total. The Kier molecular flexibility index (Phi) is 5.44. The standard InChI is InChI=1S/C24H22N4O2/c1-16-9-11-17(12-10-16)23(29)27-22-19-8-4-3-7-18(19)21(26-22)20(15-25)24(30)28-13-5-2-6-14-28/h3-4,7-12H,2,5-6,13-14H2,1H3,(H,26,27,29)/b21-20+. The van der Waals surface area contributed by atoms with Crippen molar-refractivity contribution in [3.63, 3.8) is 0 Å². The average molecular weight is 398 g/mol. The summed E-state index contributed by atoms with van der Waals surface area (Å²) in [6.07, 6.45) is 2.98. The number of nitrogens with zero attached hydrogens (tertiary/aromatic N) is 3. The second-order valence-corrected chi connectivity index (χ2v) is 7.51. The highest BCUT2D eigenvalue weighted by Gasteiger charge is 2.29. The molecule has 0 saturated carbocycles. The summed E-state index contributed by atoms with van der Waals surface area (Å²) in [4.78, 5) is 31.9. The number of piperidine rings is 1. The van der Waals surface area contributed by atoms with E-state index in [0.29, 0.717) is 41.3 Å². The number of benzene rings is 2. The number of aliphatic imine (C=N–C) groups is 1. The van der Waals surface area contributed by atoms with E-state index < -0.39 is 0 Å². The molecule has 2 aromatic carbocycles. The number of rotatable bonds is 2. The van der Waals surface area contributed by atoms with E-state index in [9.17, 15) is 14.9 Å². The highest BCUT2D eigenvalue weighted by atomic mass is 16.2. The molecule has 2 aliphatic rings. The Bertz CT molecular complexity index is 1100. The fourth-order valence-electron chi connectivity index (χ4n) is 3.76. The molecular formula is C24H22N4O2. The van der Waals surface area contributed by atoms with E-state index in [1.165, 1.54) is 0 Å². The number of hydrogen-bond donors (Lipinski definition) is 1. The zero-order valence-electron chi connectivity index (χ0n) is 16.8. The van der Waals surface area contributed by atoms with E-state index in [-0.39, 0.29) is 17.4 Å². The number of likely N-dealkylation sites (tertiary alicyclic amines) is 1. The lowest BCUT2D eigenvalue weighted by Crippen LogP contribution is -2.36. The molecule has 1 saturated heterocycles. The maximum absolute atomic E-state index is 13.0. The van der Waals surface area contributed by atoms with Crippen molar-refractivity contribution in [1.29, 1.82) is 5.26 Å². The highest BCUT2D eigenvalue weighted by molar-refractivity contribution is 6.20. The Morgan fingerprint density at radius 3 is 2.33 bits per heavy atom. The SMILES string of the molecule is Cc1ccc(C(=O)NC2=N/C(=C(\C#N)C(=O)N3CCCCC3)c3ccccc32)cc1. The minimum atomic E-state index is -0.295. The number of nitriles is 1. The lowest BCUT2D eigenvalue weighted by molar-refractivity contribution is -0.127. The molecule has 2 aromatic rings. The Morgan fingerprint density at radius 1 is 1.00 bits per heavy atom. The fraction of sp³-hybridized carbons (Fsp3) is 0.250. The van der Waals surface area contributed by atoms with Gasteiger partial charge in [-0.25, -0.2) is 4.99 Å². The molecule has 6 nitrogen and oxygen atoms in total. The first kappa shape index (κ1) is 19.6. The molecule has 0 radical (unpaired) electrons. The Morgan fingerprint density at radius 2 is 1.67 bits per heavy atom. The number of fused-ring (bicyclic) bond motifs is 1. The van der Waals surface area contributed by atoms with Crippen LogP contribution in [0.1, 0.15) is 46.3 Å². The first-order valence-electron chi connectivity index (χ1n) is 10.1. The van der Waals surface area contributed by atoms with Crippen molar-refractivity contribution in [2.75, 3.05) is 13.1 Å². The molecule has 150 valence electrons. The van der Waals surface area contributed by atoms with Gasteiger partial charge in [-0.05, 0) is 38.3 Å². The topological polar surface area (TPSA) is 85.6 Å². The maximum atomic E-state index is 13.0. The van der Waals surface area contributed by atoms with Crippen molar-refractivity contribution in [3.8, 4) is 6.07 Å². The number of hydrogen-bond acceptors (Lipinski definition) is 4. The molecule has 6 heteroatoms. The predicted molar refractivity (Wildman–Crippen MR) is 115 cm³/mol. The largest absolute Gasteiger partial charge is 0.338 e. The van der Waals surface area contributed by atoms with Crippen LogP contribution in [0.5, 0.6) is 0 Å². The average Bonchev–Trinajstić information content (AvgIpc) is 3.13. The van der Waals surface area contributed by atoms with Crippen LogP contribution in [0.3, 0.4) is 0 Å². The molecule has 0 unspecified atom stereocenters. The van der Waals surface area contributed by atoms with Gasteiger partial charge in [-0.3, -0.25) is 9.59 Å². The zero-order chi connectivity index (χ0) is 21.1.